The first-order chi connectivity index (χ1) is 15.0. The zero-order valence-electron chi connectivity index (χ0n) is 20.4. The first-order valence-electron chi connectivity index (χ1n) is 11.4. The van der Waals surface area contributed by atoms with Gasteiger partial charge in [-0.2, -0.15) is 0 Å². The smallest absolute Gasteiger partial charge is 0.0690 e. The van der Waals surface area contributed by atoms with Gasteiger partial charge in [0.1, 0.15) is 0 Å². The van der Waals surface area contributed by atoms with Crippen LogP contribution in [0, 0.1) is 27.7 Å². The van der Waals surface area contributed by atoms with Crippen molar-refractivity contribution in [2.24, 2.45) is 0 Å². The maximum absolute atomic E-state index is 5.07. The maximum atomic E-state index is 5.07. The third-order valence-electron chi connectivity index (χ3n) is 7.59. The van der Waals surface area contributed by atoms with Gasteiger partial charge >= 0.3 is 0 Å². The minimum Gasteiger partial charge on any atom is -0.355 e. The number of nitrogens with one attached hydrogen (secondary N) is 2. The molecule has 3 aromatic rings. The Bertz CT molecular complexity index is 1470. The lowest BCUT2D eigenvalue weighted by atomic mass is 9.87. The number of hydrogen-bond acceptors (Lipinski definition) is 2. The maximum Gasteiger partial charge on any atom is 0.0690 e. The Morgan fingerprint density at radius 3 is 1.56 bits per heavy atom. The fourth-order valence-corrected chi connectivity index (χ4v) is 4.79. The number of aryl methyl sites for hydroxylation is 4. The van der Waals surface area contributed by atoms with Gasteiger partial charge in [-0.3, -0.25) is 4.98 Å². The van der Waals surface area contributed by atoms with E-state index >= 15 is 0 Å². The Balaban J connectivity index is 1.97. The van der Waals surface area contributed by atoms with Crippen LogP contribution in [0.5, 0.6) is 0 Å². The van der Waals surface area contributed by atoms with Crippen molar-refractivity contribution in [3.63, 3.8) is 0 Å². The van der Waals surface area contributed by atoms with Crippen molar-refractivity contribution in [1.29, 1.82) is 0 Å². The molecule has 4 nitrogen and oxygen atoms in total. The molecular formula is C28H32N4. The molecule has 5 rings (SSSR count). The zero-order valence-corrected chi connectivity index (χ0v) is 20.4. The van der Waals surface area contributed by atoms with Gasteiger partial charge in [-0.1, -0.05) is 13.8 Å². The van der Waals surface area contributed by atoms with Crippen molar-refractivity contribution in [1.82, 2.24) is 19.9 Å². The highest BCUT2D eigenvalue weighted by molar-refractivity contribution is 5.92. The van der Waals surface area contributed by atoms with Gasteiger partial charge in [-0.15, -0.1) is 0 Å². The molecule has 3 aromatic heterocycles. The van der Waals surface area contributed by atoms with Crippen molar-refractivity contribution < 1.29 is 0 Å². The highest BCUT2D eigenvalue weighted by Gasteiger charge is 2.28. The molecular weight excluding hydrogens is 392 g/mol. The summed E-state index contributed by atoms with van der Waals surface area (Å²) in [6.45, 7) is 17.6. The lowest BCUT2D eigenvalue weighted by molar-refractivity contribution is 0.543. The molecule has 2 aliphatic heterocycles. The Kier molecular flexibility index (Phi) is 4.49. The van der Waals surface area contributed by atoms with E-state index in [0.717, 1.165) is 51.3 Å². The van der Waals surface area contributed by atoms with Crippen molar-refractivity contribution in [3.8, 4) is 0 Å². The van der Waals surface area contributed by atoms with Crippen LogP contribution in [0.2, 0.25) is 0 Å². The number of nitrogens with zero attached hydrogens (tertiary/aromatic N) is 2. The predicted octanol–water partition coefficient (Wildman–Crippen LogP) is 7.02. The summed E-state index contributed by atoms with van der Waals surface area (Å²) in [7, 11) is 0. The van der Waals surface area contributed by atoms with E-state index in [1.54, 1.807) is 0 Å². The van der Waals surface area contributed by atoms with Gasteiger partial charge in [0.25, 0.3) is 0 Å². The van der Waals surface area contributed by atoms with Crippen LogP contribution in [0.3, 0.4) is 0 Å². The highest BCUT2D eigenvalue weighted by Crippen LogP contribution is 2.34. The average Bonchev–Trinajstić information content (AvgIpc) is 3.35. The molecule has 0 atom stereocenters. The summed E-state index contributed by atoms with van der Waals surface area (Å²) >= 11 is 0. The van der Waals surface area contributed by atoms with Gasteiger partial charge in [0, 0.05) is 45.3 Å². The van der Waals surface area contributed by atoms with Gasteiger partial charge in [-0.05, 0) is 99.2 Å². The summed E-state index contributed by atoms with van der Waals surface area (Å²) in [5, 5.41) is 0. The molecule has 5 heterocycles. The van der Waals surface area contributed by atoms with Crippen molar-refractivity contribution in [2.45, 2.75) is 67.2 Å². The highest BCUT2D eigenvalue weighted by atomic mass is 14.8. The molecule has 0 unspecified atom stereocenters. The van der Waals surface area contributed by atoms with Crippen LogP contribution in [0.25, 0.3) is 33.2 Å². The third-order valence-corrected chi connectivity index (χ3v) is 7.59. The van der Waals surface area contributed by atoms with Gasteiger partial charge in [0.2, 0.25) is 0 Å². The average molecular weight is 425 g/mol. The number of fused-ring (bicyclic) bond motifs is 8. The standard InChI is InChI=1S/C28H32N4/c1-14-15(2)22-10-23-16(3)17(4)24(31-23)11-25-18(5)19(6)26(32-25)12-27-28(7,8)13-20(29-27)9-21(14)30-22/h9-12,30,32H,13H2,1-8H3. The molecule has 8 bridgehead atoms. The lowest BCUT2D eigenvalue weighted by Crippen LogP contribution is -2.14. The van der Waals surface area contributed by atoms with Gasteiger partial charge in [0.15, 0.2) is 0 Å². The first kappa shape index (κ1) is 20.7. The van der Waals surface area contributed by atoms with Crippen LogP contribution in [0.1, 0.15) is 72.7 Å². The molecule has 4 heteroatoms. The van der Waals surface area contributed by atoms with E-state index in [2.05, 4.69) is 89.6 Å². The van der Waals surface area contributed by atoms with Gasteiger partial charge in [0.05, 0.1) is 11.4 Å². The summed E-state index contributed by atoms with van der Waals surface area (Å²) in [5.41, 5.74) is 16.3. The normalized spacial score (nSPS) is 15.5. The predicted molar refractivity (Wildman–Crippen MR) is 135 cm³/mol. The number of hydrogen-bond donors (Lipinski definition) is 2. The van der Waals surface area contributed by atoms with E-state index in [1.807, 2.05) is 0 Å². The van der Waals surface area contributed by atoms with Crippen LogP contribution >= 0.6 is 0 Å². The number of aromatic amines is 2. The van der Waals surface area contributed by atoms with Crippen molar-refractivity contribution in [3.05, 3.63) is 69.3 Å². The molecule has 2 aliphatic rings. The summed E-state index contributed by atoms with van der Waals surface area (Å²) in [6.07, 6.45) is 0.929. The minimum atomic E-state index is -0.00490. The molecule has 0 aliphatic carbocycles. The lowest BCUT2D eigenvalue weighted by Gasteiger charge is -2.15. The molecule has 164 valence electrons. The van der Waals surface area contributed by atoms with Crippen LogP contribution in [0.15, 0.2) is 24.3 Å². The molecule has 2 N–H and O–H groups in total. The molecule has 0 saturated carbocycles. The summed E-state index contributed by atoms with van der Waals surface area (Å²) < 4.78 is 0. The molecule has 0 fully saturated rings. The van der Waals surface area contributed by atoms with Crippen molar-refractivity contribution >= 4 is 33.2 Å². The Labute approximate surface area is 189 Å². The van der Waals surface area contributed by atoms with Crippen molar-refractivity contribution in [2.75, 3.05) is 0 Å². The molecule has 0 radical (unpaired) electrons. The van der Waals surface area contributed by atoms with Gasteiger partial charge < -0.3 is 9.97 Å². The first-order valence-corrected chi connectivity index (χ1v) is 11.4. The van der Waals surface area contributed by atoms with Gasteiger partial charge in [-0.25, -0.2) is 4.98 Å². The van der Waals surface area contributed by atoms with E-state index in [9.17, 15) is 0 Å². The fourth-order valence-electron chi connectivity index (χ4n) is 4.79. The van der Waals surface area contributed by atoms with E-state index in [1.165, 1.54) is 33.4 Å². The third kappa shape index (κ3) is 3.12. The molecule has 0 saturated heterocycles. The number of rotatable bonds is 0. The number of allylic oxidation sites excluding steroid dienone is 2. The second kappa shape index (κ2) is 6.93. The van der Waals surface area contributed by atoms with Crippen LogP contribution in [0.4, 0.5) is 0 Å². The molecule has 0 spiro atoms. The molecule has 32 heavy (non-hydrogen) atoms. The molecule has 0 aromatic carbocycles. The fraction of sp³-hybridized carbons (Fsp3) is 0.357. The Morgan fingerprint density at radius 2 is 1.06 bits per heavy atom. The van der Waals surface area contributed by atoms with Crippen LogP contribution in [-0.2, 0) is 11.8 Å². The molecule has 0 amide bonds. The van der Waals surface area contributed by atoms with Crippen LogP contribution in [-0.4, -0.2) is 19.9 Å². The minimum absolute atomic E-state index is 0.00490. The van der Waals surface area contributed by atoms with E-state index < -0.39 is 0 Å². The zero-order chi connectivity index (χ0) is 22.9. The summed E-state index contributed by atoms with van der Waals surface area (Å²) in [6, 6.07) is 8.84. The SMILES string of the molecule is CC1=C(C)c2cc3[nH]c(cc4nc(cc5[nH]c(cc1n2)c(C)c5C)CC4(C)C)c(C)c3C. The topological polar surface area (TPSA) is 57.4 Å². The summed E-state index contributed by atoms with van der Waals surface area (Å²) in [4.78, 5) is 17.4. The van der Waals surface area contributed by atoms with E-state index in [0.29, 0.717) is 0 Å². The second-order valence-electron chi connectivity index (χ2n) is 10.2. The summed E-state index contributed by atoms with van der Waals surface area (Å²) in [5.74, 6) is 0. The monoisotopic (exact) mass is 424 g/mol. The quantitative estimate of drug-likeness (QED) is 0.407. The number of H-pyrrole nitrogens is 2. The Morgan fingerprint density at radius 1 is 0.625 bits per heavy atom. The van der Waals surface area contributed by atoms with Crippen LogP contribution < -0.4 is 0 Å². The Hall–Kier alpha value is -3.14. The van der Waals surface area contributed by atoms with E-state index in [-0.39, 0.29) is 5.41 Å². The van der Waals surface area contributed by atoms with E-state index in [4.69, 9.17) is 9.97 Å². The largest absolute Gasteiger partial charge is 0.355 e. The second-order valence-corrected chi connectivity index (χ2v) is 10.2. The number of aromatic nitrogens is 4.